The summed E-state index contributed by atoms with van der Waals surface area (Å²) in [4.78, 5) is 16.1. The van der Waals surface area contributed by atoms with Crippen LogP contribution in [0.15, 0.2) is 24.3 Å². The van der Waals surface area contributed by atoms with Crippen LogP contribution in [-0.2, 0) is 16.2 Å². The van der Waals surface area contributed by atoms with Crippen molar-refractivity contribution in [3.8, 4) is 0 Å². The molecule has 0 heterocycles. The average Bonchev–Trinajstić information content (AvgIpc) is 2.18. The van der Waals surface area contributed by atoms with Crippen molar-refractivity contribution in [1.29, 1.82) is 0 Å². The van der Waals surface area contributed by atoms with Gasteiger partial charge in [0, 0.05) is 11.3 Å². The standard InChI is InChI=1S/C12H18N2O3/c1-12(2,3)17-11(15)14-10-7-5-4-6-9(10)8-16-13/h4-7H,8,13H2,1-3H3,(H,14,15). The Morgan fingerprint density at radius 3 is 2.59 bits per heavy atom. The molecule has 0 aromatic heterocycles. The van der Waals surface area contributed by atoms with Crippen LogP contribution >= 0.6 is 0 Å². The minimum Gasteiger partial charge on any atom is -0.444 e. The van der Waals surface area contributed by atoms with Crippen LogP contribution in [0.4, 0.5) is 10.5 Å². The molecule has 0 aliphatic heterocycles. The van der Waals surface area contributed by atoms with Crippen molar-refractivity contribution >= 4 is 11.8 Å². The van der Waals surface area contributed by atoms with Gasteiger partial charge in [0.15, 0.2) is 0 Å². The van der Waals surface area contributed by atoms with Gasteiger partial charge < -0.3 is 4.74 Å². The maximum atomic E-state index is 11.6. The molecule has 0 saturated carbocycles. The van der Waals surface area contributed by atoms with Gasteiger partial charge in [0.1, 0.15) is 5.60 Å². The summed E-state index contributed by atoms with van der Waals surface area (Å²) in [6.07, 6.45) is -0.498. The normalized spacial score (nSPS) is 11.1. The smallest absolute Gasteiger partial charge is 0.412 e. The number of carbonyl (C=O) groups excluding carboxylic acids is 1. The van der Waals surface area contributed by atoms with E-state index in [1.807, 2.05) is 39.0 Å². The molecule has 0 atom stereocenters. The van der Waals surface area contributed by atoms with Crippen molar-refractivity contribution in [2.45, 2.75) is 33.0 Å². The third-order valence-corrected chi connectivity index (χ3v) is 1.89. The van der Waals surface area contributed by atoms with Gasteiger partial charge in [0.25, 0.3) is 0 Å². The molecule has 1 amide bonds. The van der Waals surface area contributed by atoms with E-state index in [1.165, 1.54) is 0 Å². The van der Waals surface area contributed by atoms with E-state index >= 15 is 0 Å². The Morgan fingerprint density at radius 2 is 2.00 bits per heavy atom. The van der Waals surface area contributed by atoms with Crippen LogP contribution in [-0.4, -0.2) is 11.7 Å². The first-order valence-electron chi connectivity index (χ1n) is 5.32. The van der Waals surface area contributed by atoms with E-state index in [0.29, 0.717) is 5.69 Å². The number of amides is 1. The SMILES string of the molecule is CC(C)(C)OC(=O)Nc1ccccc1CON. The minimum atomic E-state index is -0.524. The summed E-state index contributed by atoms with van der Waals surface area (Å²) in [5.41, 5.74) is 0.900. The lowest BCUT2D eigenvalue weighted by Gasteiger charge is -2.20. The fourth-order valence-electron chi connectivity index (χ4n) is 1.27. The van der Waals surface area contributed by atoms with Crippen molar-refractivity contribution in [2.24, 2.45) is 5.90 Å². The number of carbonyl (C=O) groups is 1. The molecule has 17 heavy (non-hydrogen) atoms. The van der Waals surface area contributed by atoms with Gasteiger partial charge in [-0.1, -0.05) is 18.2 Å². The monoisotopic (exact) mass is 238 g/mol. The molecule has 0 fully saturated rings. The molecule has 0 spiro atoms. The molecule has 0 saturated heterocycles. The molecule has 0 unspecified atom stereocenters. The van der Waals surface area contributed by atoms with Gasteiger partial charge in [-0.3, -0.25) is 10.2 Å². The van der Waals surface area contributed by atoms with E-state index in [9.17, 15) is 4.79 Å². The lowest BCUT2D eigenvalue weighted by Crippen LogP contribution is -2.27. The van der Waals surface area contributed by atoms with Crippen LogP contribution in [0.3, 0.4) is 0 Å². The van der Waals surface area contributed by atoms with Crippen LogP contribution < -0.4 is 11.2 Å². The molecule has 5 nitrogen and oxygen atoms in total. The van der Waals surface area contributed by atoms with E-state index in [4.69, 9.17) is 10.6 Å². The summed E-state index contributed by atoms with van der Waals surface area (Å²) in [6, 6.07) is 7.24. The molecule has 0 bridgehead atoms. The van der Waals surface area contributed by atoms with Crippen LogP contribution in [0, 0.1) is 0 Å². The predicted molar refractivity (Wildman–Crippen MR) is 65.3 cm³/mol. The van der Waals surface area contributed by atoms with Crippen LogP contribution in [0.2, 0.25) is 0 Å². The Morgan fingerprint density at radius 1 is 1.35 bits per heavy atom. The predicted octanol–water partition coefficient (Wildman–Crippen LogP) is 2.42. The number of hydrogen-bond donors (Lipinski definition) is 2. The van der Waals surface area contributed by atoms with E-state index in [0.717, 1.165) is 5.56 Å². The summed E-state index contributed by atoms with van der Waals surface area (Å²) in [7, 11) is 0. The van der Waals surface area contributed by atoms with Crippen molar-refractivity contribution < 1.29 is 14.4 Å². The molecule has 1 rings (SSSR count). The molecular formula is C12H18N2O3. The Balaban J connectivity index is 2.71. The molecule has 0 radical (unpaired) electrons. The molecule has 94 valence electrons. The topological polar surface area (TPSA) is 73.6 Å². The Bertz CT molecular complexity index is 386. The molecule has 0 aliphatic carbocycles. The van der Waals surface area contributed by atoms with E-state index in [2.05, 4.69) is 10.2 Å². The lowest BCUT2D eigenvalue weighted by atomic mass is 10.2. The number of benzene rings is 1. The third kappa shape index (κ3) is 4.84. The maximum Gasteiger partial charge on any atom is 0.412 e. The first-order valence-corrected chi connectivity index (χ1v) is 5.32. The highest BCUT2D eigenvalue weighted by Gasteiger charge is 2.16. The van der Waals surface area contributed by atoms with Gasteiger partial charge in [0.05, 0.1) is 6.61 Å². The Labute approximate surface area is 101 Å². The second-order valence-corrected chi connectivity index (χ2v) is 4.60. The molecule has 5 heteroatoms. The number of nitrogens with one attached hydrogen (secondary N) is 1. The van der Waals surface area contributed by atoms with Crippen molar-refractivity contribution in [1.82, 2.24) is 0 Å². The zero-order valence-corrected chi connectivity index (χ0v) is 10.3. The van der Waals surface area contributed by atoms with Crippen molar-refractivity contribution in [2.75, 3.05) is 5.32 Å². The summed E-state index contributed by atoms with van der Waals surface area (Å²) in [5, 5.41) is 2.66. The van der Waals surface area contributed by atoms with Crippen LogP contribution in [0.1, 0.15) is 26.3 Å². The van der Waals surface area contributed by atoms with Crippen molar-refractivity contribution in [3.63, 3.8) is 0 Å². The van der Waals surface area contributed by atoms with Crippen LogP contribution in [0.25, 0.3) is 0 Å². The highest BCUT2D eigenvalue weighted by atomic mass is 16.6. The second-order valence-electron chi connectivity index (χ2n) is 4.60. The zero-order valence-electron chi connectivity index (χ0n) is 10.3. The first-order chi connectivity index (χ1) is 7.92. The van der Waals surface area contributed by atoms with Gasteiger partial charge in [0.2, 0.25) is 0 Å². The summed E-state index contributed by atoms with van der Waals surface area (Å²) < 4.78 is 5.15. The van der Waals surface area contributed by atoms with Gasteiger partial charge in [-0.25, -0.2) is 10.7 Å². The van der Waals surface area contributed by atoms with Gasteiger partial charge >= 0.3 is 6.09 Å². The van der Waals surface area contributed by atoms with Crippen molar-refractivity contribution in [3.05, 3.63) is 29.8 Å². The first kappa shape index (κ1) is 13.5. The number of para-hydroxylation sites is 1. The van der Waals surface area contributed by atoms with Gasteiger partial charge in [-0.15, -0.1) is 0 Å². The molecule has 0 aliphatic rings. The van der Waals surface area contributed by atoms with Crippen LogP contribution in [0.5, 0.6) is 0 Å². The van der Waals surface area contributed by atoms with E-state index in [1.54, 1.807) is 6.07 Å². The number of rotatable bonds is 3. The van der Waals surface area contributed by atoms with E-state index < -0.39 is 11.7 Å². The summed E-state index contributed by atoms with van der Waals surface area (Å²) in [6.45, 7) is 5.65. The second kappa shape index (κ2) is 5.65. The minimum absolute atomic E-state index is 0.228. The Kier molecular flexibility index (Phi) is 4.48. The highest BCUT2D eigenvalue weighted by molar-refractivity contribution is 5.85. The average molecular weight is 238 g/mol. The maximum absolute atomic E-state index is 11.6. The fourth-order valence-corrected chi connectivity index (χ4v) is 1.27. The number of anilines is 1. The largest absolute Gasteiger partial charge is 0.444 e. The lowest BCUT2D eigenvalue weighted by molar-refractivity contribution is 0.0635. The molecule has 1 aromatic carbocycles. The molecular weight excluding hydrogens is 220 g/mol. The highest BCUT2D eigenvalue weighted by Crippen LogP contribution is 2.17. The third-order valence-electron chi connectivity index (χ3n) is 1.89. The molecule has 3 N–H and O–H groups in total. The zero-order chi connectivity index (χ0) is 12.9. The summed E-state index contributed by atoms with van der Waals surface area (Å²) >= 11 is 0. The number of nitrogens with two attached hydrogens (primary N) is 1. The quantitative estimate of drug-likeness (QED) is 0.793. The fraction of sp³-hybridized carbons (Fsp3) is 0.417. The summed E-state index contributed by atoms with van der Waals surface area (Å²) in [5.74, 6) is 5.02. The van der Waals surface area contributed by atoms with E-state index in [-0.39, 0.29) is 6.61 Å². The molecule has 1 aromatic rings. The van der Waals surface area contributed by atoms with Gasteiger partial charge in [-0.05, 0) is 26.8 Å². The van der Waals surface area contributed by atoms with Gasteiger partial charge in [-0.2, -0.15) is 0 Å². The number of hydrogen-bond acceptors (Lipinski definition) is 4. The number of ether oxygens (including phenoxy) is 1. The Hall–Kier alpha value is -1.59.